The molecule has 0 amide bonds. The number of benzene rings is 2. The van der Waals surface area contributed by atoms with Crippen molar-refractivity contribution in [3.05, 3.63) is 59.4 Å². The van der Waals surface area contributed by atoms with Crippen LogP contribution in [0.3, 0.4) is 0 Å². The summed E-state index contributed by atoms with van der Waals surface area (Å²) in [5, 5.41) is 3.38. The zero-order valence-corrected chi connectivity index (χ0v) is 11.4. The molecule has 0 aliphatic rings. The normalized spacial score (nSPS) is 12.0. The fourth-order valence-electron chi connectivity index (χ4n) is 2.12. The predicted octanol–water partition coefficient (Wildman–Crippen LogP) is 4.32. The maximum absolute atomic E-state index is 13.1. The first-order valence-corrected chi connectivity index (χ1v) is 6.27. The van der Waals surface area contributed by atoms with Crippen molar-refractivity contribution in [3.8, 4) is 5.75 Å². The highest BCUT2D eigenvalue weighted by Crippen LogP contribution is 2.28. The fourth-order valence-corrected chi connectivity index (χ4v) is 2.12. The van der Waals surface area contributed by atoms with E-state index >= 15 is 0 Å². The molecule has 0 aliphatic carbocycles. The highest BCUT2D eigenvalue weighted by molar-refractivity contribution is 5.53. The van der Waals surface area contributed by atoms with Gasteiger partial charge < -0.3 is 10.1 Å². The summed E-state index contributed by atoms with van der Waals surface area (Å²) in [6.07, 6.45) is 0. The number of halogens is 1. The summed E-state index contributed by atoms with van der Waals surface area (Å²) in [4.78, 5) is 0. The largest absolute Gasteiger partial charge is 0.496 e. The quantitative estimate of drug-likeness (QED) is 0.883. The van der Waals surface area contributed by atoms with Gasteiger partial charge in [-0.05, 0) is 43.7 Å². The number of hydrogen-bond donors (Lipinski definition) is 1. The van der Waals surface area contributed by atoms with E-state index in [1.165, 1.54) is 12.1 Å². The van der Waals surface area contributed by atoms with E-state index in [0.717, 1.165) is 22.6 Å². The van der Waals surface area contributed by atoms with Gasteiger partial charge in [-0.2, -0.15) is 0 Å². The van der Waals surface area contributed by atoms with Gasteiger partial charge in [-0.3, -0.25) is 0 Å². The minimum absolute atomic E-state index is 0.0836. The summed E-state index contributed by atoms with van der Waals surface area (Å²) in [6.45, 7) is 3.95. The van der Waals surface area contributed by atoms with Crippen LogP contribution in [0.5, 0.6) is 5.75 Å². The Morgan fingerprint density at radius 2 is 1.89 bits per heavy atom. The summed E-state index contributed by atoms with van der Waals surface area (Å²) in [6, 6.07) is 12.7. The van der Waals surface area contributed by atoms with Crippen molar-refractivity contribution < 1.29 is 9.13 Å². The first-order chi connectivity index (χ1) is 9.11. The van der Waals surface area contributed by atoms with Gasteiger partial charge in [0.2, 0.25) is 0 Å². The summed E-state index contributed by atoms with van der Waals surface area (Å²) in [5.74, 6) is 0.634. The molecule has 2 aromatic carbocycles. The minimum Gasteiger partial charge on any atom is -0.496 e. The van der Waals surface area contributed by atoms with Crippen LogP contribution in [0.4, 0.5) is 10.1 Å². The Labute approximate surface area is 113 Å². The molecule has 0 saturated heterocycles. The third-order valence-corrected chi connectivity index (χ3v) is 3.17. The number of anilines is 1. The number of nitrogens with one attached hydrogen (secondary N) is 1. The number of methoxy groups -OCH3 is 1. The molecule has 0 aliphatic heterocycles. The Kier molecular flexibility index (Phi) is 4.05. The van der Waals surface area contributed by atoms with E-state index in [1.54, 1.807) is 13.2 Å². The van der Waals surface area contributed by atoms with Crippen LogP contribution in [0.2, 0.25) is 0 Å². The number of ether oxygens (including phenoxy) is 1. The van der Waals surface area contributed by atoms with Crippen molar-refractivity contribution in [2.75, 3.05) is 12.4 Å². The van der Waals surface area contributed by atoms with Crippen LogP contribution in [0.15, 0.2) is 42.5 Å². The van der Waals surface area contributed by atoms with E-state index in [2.05, 4.69) is 12.2 Å². The molecule has 19 heavy (non-hydrogen) atoms. The van der Waals surface area contributed by atoms with Crippen LogP contribution in [0.1, 0.15) is 24.1 Å². The maximum atomic E-state index is 13.1. The number of para-hydroxylation sites is 1. The molecule has 0 radical (unpaired) electrons. The lowest BCUT2D eigenvalue weighted by Crippen LogP contribution is -2.09. The molecule has 2 nitrogen and oxygen atoms in total. The zero-order chi connectivity index (χ0) is 13.8. The van der Waals surface area contributed by atoms with Crippen LogP contribution in [0, 0.1) is 12.7 Å². The molecule has 0 bridgehead atoms. The molecular formula is C16H18FNO. The van der Waals surface area contributed by atoms with Crippen molar-refractivity contribution in [2.24, 2.45) is 0 Å². The zero-order valence-electron chi connectivity index (χ0n) is 11.4. The maximum Gasteiger partial charge on any atom is 0.124 e. The molecule has 1 atom stereocenters. The molecule has 0 fully saturated rings. The lowest BCUT2D eigenvalue weighted by atomic mass is 10.1. The van der Waals surface area contributed by atoms with Crippen molar-refractivity contribution in [1.29, 1.82) is 0 Å². The van der Waals surface area contributed by atoms with Crippen LogP contribution in [0.25, 0.3) is 0 Å². The van der Waals surface area contributed by atoms with Crippen molar-refractivity contribution >= 4 is 5.69 Å². The van der Waals surface area contributed by atoms with Gasteiger partial charge in [0, 0.05) is 11.3 Å². The second-order valence-electron chi connectivity index (χ2n) is 4.57. The van der Waals surface area contributed by atoms with Gasteiger partial charge in [0.15, 0.2) is 0 Å². The van der Waals surface area contributed by atoms with Gasteiger partial charge in [-0.15, -0.1) is 0 Å². The molecule has 0 saturated carbocycles. The number of rotatable bonds is 4. The van der Waals surface area contributed by atoms with Gasteiger partial charge in [-0.25, -0.2) is 4.39 Å². The van der Waals surface area contributed by atoms with Gasteiger partial charge in [0.1, 0.15) is 11.6 Å². The standard InChI is InChI=1S/C16H18FNO/c1-11-10-13(17)8-9-15(11)18-12(2)14-6-4-5-7-16(14)19-3/h4-10,12,18H,1-3H3. The lowest BCUT2D eigenvalue weighted by molar-refractivity contribution is 0.408. The van der Waals surface area contributed by atoms with E-state index in [1.807, 2.05) is 31.2 Å². The lowest BCUT2D eigenvalue weighted by Gasteiger charge is -2.19. The average Bonchev–Trinajstić information content (AvgIpc) is 2.41. The van der Waals surface area contributed by atoms with E-state index < -0.39 is 0 Å². The van der Waals surface area contributed by atoms with Gasteiger partial charge in [0.05, 0.1) is 13.2 Å². The van der Waals surface area contributed by atoms with Crippen LogP contribution in [-0.4, -0.2) is 7.11 Å². The van der Waals surface area contributed by atoms with Crippen LogP contribution in [-0.2, 0) is 0 Å². The van der Waals surface area contributed by atoms with Gasteiger partial charge in [-0.1, -0.05) is 18.2 Å². The molecule has 2 rings (SSSR count). The Balaban J connectivity index is 2.23. The van der Waals surface area contributed by atoms with E-state index in [9.17, 15) is 4.39 Å². The first kappa shape index (κ1) is 13.4. The summed E-state index contributed by atoms with van der Waals surface area (Å²) >= 11 is 0. The topological polar surface area (TPSA) is 21.3 Å². The van der Waals surface area contributed by atoms with Crippen LogP contribution < -0.4 is 10.1 Å². The molecule has 3 heteroatoms. The molecule has 2 aromatic rings. The van der Waals surface area contributed by atoms with E-state index in [4.69, 9.17) is 4.74 Å². The molecule has 100 valence electrons. The molecule has 1 N–H and O–H groups in total. The molecule has 0 heterocycles. The summed E-state index contributed by atoms with van der Waals surface area (Å²) in [5.41, 5.74) is 2.90. The Morgan fingerprint density at radius 3 is 2.58 bits per heavy atom. The fraction of sp³-hybridized carbons (Fsp3) is 0.250. The minimum atomic E-state index is -0.215. The second-order valence-corrected chi connectivity index (χ2v) is 4.57. The van der Waals surface area contributed by atoms with E-state index in [0.29, 0.717) is 0 Å². The monoisotopic (exact) mass is 259 g/mol. The highest BCUT2D eigenvalue weighted by Gasteiger charge is 2.11. The molecule has 1 unspecified atom stereocenters. The van der Waals surface area contributed by atoms with Crippen LogP contribution >= 0.6 is 0 Å². The summed E-state index contributed by atoms with van der Waals surface area (Å²) < 4.78 is 18.4. The SMILES string of the molecule is COc1ccccc1C(C)Nc1ccc(F)cc1C. The van der Waals surface area contributed by atoms with Gasteiger partial charge in [0.25, 0.3) is 0 Å². The Morgan fingerprint density at radius 1 is 1.16 bits per heavy atom. The van der Waals surface area contributed by atoms with Crippen molar-refractivity contribution in [1.82, 2.24) is 0 Å². The third-order valence-electron chi connectivity index (χ3n) is 3.17. The summed E-state index contributed by atoms with van der Waals surface area (Å²) in [7, 11) is 1.66. The Bertz CT molecular complexity index is 568. The van der Waals surface area contributed by atoms with Crippen molar-refractivity contribution in [2.45, 2.75) is 19.9 Å². The highest BCUT2D eigenvalue weighted by atomic mass is 19.1. The average molecular weight is 259 g/mol. The van der Waals surface area contributed by atoms with Crippen molar-refractivity contribution in [3.63, 3.8) is 0 Å². The molecular weight excluding hydrogens is 241 g/mol. The third kappa shape index (κ3) is 3.05. The molecule has 0 spiro atoms. The van der Waals surface area contributed by atoms with E-state index in [-0.39, 0.29) is 11.9 Å². The van der Waals surface area contributed by atoms with Gasteiger partial charge >= 0.3 is 0 Å². The Hall–Kier alpha value is -2.03. The number of hydrogen-bond acceptors (Lipinski definition) is 2. The first-order valence-electron chi connectivity index (χ1n) is 6.27. The smallest absolute Gasteiger partial charge is 0.124 e. The molecule has 0 aromatic heterocycles. The number of aryl methyl sites for hydroxylation is 1. The second kappa shape index (κ2) is 5.74. The predicted molar refractivity (Wildman–Crippen MR) is 76.2 cm³/mol.